The van der Waals surface area contributed by atoms with Crippen molar-refractivity contribution >= 4 is 40.9 Å². The zero-order chi connectivity index (χ0) is 22.7. The third kappa shape index (κ3) is 4.25. The summed E-state index contributed by atoms with van der Waals surface area (Å²) in [4.78, 5) is 30.3. The van der Waals surface area contributed by atoms with Gasteiger partial charge in [-0.15, -0.1) is 0 Å². The number of hydrogen-bond acceptors (Lipinski definition) is 3. The predicted molar refractivity (Wildman–Crippen MR) is 128 cm³/mol. The van der Waals surface area contributed by atoms with Gasteiger partial charge < -0.3 is 4.74 Å². The van der Waals surface area contributed by atoms with E-state index in [0.717, 1.165) is 11.1 Å². The molecule has 6 heteroatoms. The Hall–Kier alpha value is -3.57. The van der Waals surface area contributed by atoms with Crippen LogP contribution in [0.2, 0.25) is 5.02 Å². The molecule has 3 aromatic rings. The Balaban J connectivity index is 1.81. The standard InChI is InChI=1S/C26H23ClN2O3/c1-18(16-19-8-4-3-5-9-19)25-26(31)28(22-10-6-7-11-23(22)32-2)17-24(30)29(25)21-14-12-20(27)13-15-21/h3-16,25H,17H2,1-2H3/b18-16-/t25-/m0/s1. The maximum Gasteiger partial charge on any atom is 0.255 e. The number of halogens is 1. The van der Waals surface area contributed by atoms with Crippen LogP contribution in [0.1, 0.15) is 12.5 Å². The number of carbonyl (C=O) groups is 2. The van der Waals surface area contributed by atoms with Crippen molar-refractivity contribution in [2.24, 2.45) is 0 Å². The molecule has 3 aromatic carbocycles. The fourth-order valence-corrected chi connectivity index (χ4v) is 4.06. The molecule has 1 aliphatic rings. The number of piperazine rings is 1. The van der Waals surface area contributed by atoms with Crippen molar-refractivity contribution < 1.29 is 14.3 Å². The molecule has 1 aliphatic heterocycles. The molecule has 0 spiro atoms. The molecule has 0 bridgehead atoms. The molecule has 0 N–H and O–H groups in total. The number of carbonyl (C=O) groups excluding carboxylic acids is 2. The smallest absolute Gasteiger partial charge is 0.255 e. The first-order chi connectivity index (χ1) is 15.5. The summed E-state index contributed by atoms with van der Waals surface area (Å²) in [5.74, 6) is 0.148. The van der Waals surface area contributed by atoms with E-state index in [-0.39, 0.29) is 18.4 Å². The molecule has 2 amide bonds. The normalized spacial score (nSPS) is 17.0. The van der Waals surface area contributed by atoms with Crippen molar-refractivity contribution in [3.05, 3.63) is 95.0 Å². The number of nitrogens with zero attached hydrogens (tertiary/aromatic N) is 2. The fraction of sp³-hybridized carbons (Fsp3) is 0.154. The topological polar surface area (TPSA) is 49.9 Å². The zero-order valence-corrected chi connectivity index (χ0v) is 18.6. The molecule has 1 fully saturated rings. The van der Waals surface area contributed by atoms with E-state index in [9.17, 15) is 9.59 Å². The van der Waals surface area contributed by atoms with Crippen LogP contribution in [0.5, 0.6) is 5.75 Å². The first-order valence-corrected chi connectivity index (χ1v) is 10.6. The number of methoxy groups -OCH3 is 1. The molecule has 0 aromatic heterocycles. The molecule has 0 aliphatic carbocycles. The van der Waals surface area contributed by atoms with Crippen LogP contribution in [-0.4, -0.2) is 31.5 Å². The van der Waals surface area contributed by atoms with E-state index < -0.39 is 6.04 Å². The summed E-state index contributed by atoms with van der Waals surface area (Å²) in [5, 5.41) is 0.563. The lowest BCUT2D eigenvalue weighted by atomic mass is 9.98. The molecule has 1 atom stereocenters. The van der Waals surface area contributed by atoms with E-state index in [1.54, 1.807) is 48.4 Å². The summed E-state index contributed by atoms with van der Waals surface area (Å²) >= 11 is 6.05. The van der Waals surface area contributed by atoms with Gasteiger partial charge in [0.2, 0.25) is 5.91 Å². The second-order valence-corrected chi connectivity index (χ2v) is 7.97. The van der Waals surface area contributed by atoms with E-state index in [2.05, 4.69) is 0 Å². The molecule has 0 unspecified atom stereocenters. The van der Waals surface area contributed by atoms with Gasteiger partial charge in [0.05, 0.1) is 12.8 Å². The number of hydrogen-bond donors (Lipinski definition) is 0. The van der Waals surface area contributed by atoms with Gasteiger partial charge in [-0.05, 0) is 54.5 Å². The SMILES string of the molecule is COc1ccccc1N1CC(=O)N(c2ccc(Cl)cc2)[C@@H](/C(C)=C\c2ccccc2)C1=O. The maximum absolute atomic E-state index is 13.8. The maximum atomic E-state index is 13.8. The highest BCUT2D eigenvalue weighted by Gasteiger charge is 2.42. The lowest BCUT2D eigenvalue weighted by Crippen LogP contribution is -2.61. The lowest BCUT2D eigenvalue weighted by Gasteiger charge is -2.41. The number of anilines is 2. The Bertz CT molecular complexity index is 1160. The number of amides is 2. The summed E-state index contributed by atoms with van der Waals surface area (Å²) in [6, 6.07) is 23.1. The van der Waals surface area contributed by atoms with E-state index in [1.807, 2.05) is 55.5 Å². The van der Waals surface area contributed by atoms with Crippen LogP contribution in [0.25, 0.3) is 6.08 Å². The van der Waals surface area contributed by atoms with Gasteiger partial charge >= 0.3 is 0 Å². The molecule has 5 nitrogen and oxygen atoms in total. The number of rotatable bonds is 5. The Morgan fingerprint density at radius 3 is 2.31 bits per heavy atom. The molecule has 0 saturated carbocycles. The number of ether oxygens (including phenoxy) is 1. The molecular weight excluding hydrogens is 424 g/mol. The second kappa shape index (κ2) is 9.28. The highest BCUT2D eigenvalue weighted by molar-refractivity contribution is 6.30. The van der Waals surface area contributed by atoms with Crippen LogP contribution in [0.15, 0.2) is 84.4 Å². The van der Waals surface area contributed by atoms with Crippen LogP contribution < -0.4 is 14.5 Å². The van der Waals surface area contributed by atoms with Crippen molar-refractivity contribution in [1.82, 2.24) is 0 Å². The van der Waals surface area contributed by atoms with E-state index in [0.29, 0.717) is 22.1 Å². The average Bonchev–Trinajstić information content (AvgIpc) is 2.81. The number of para-hydroxylation sites is 2. The molecule has 162 valence electrons. The van der Waals surface area contributed by atoms with Crippen LogP contribution >= 0.6 is 11.6 Å². The predicted octanol–water partition coefficient (Wildman–Crippen LogP) is 5.20. The van der Waals surface area contributed by atoms with Gasteiger partial charge in [0.25, 0.3) is 5.91 Å². The Kier molecular flexibility index (Phi) is 6.28. The Labute approximate surface area is 192 Å². The first-order valence-electron chi connectivity index (χ1n) is 10.2. The summed E-state index contributed by atoms with van der Waals surface area (Å²) in [6.07, 6.45) is 1.94. The minimum absolute atomic E-state index is 0.0864. The van der Waals surface area contributed by atoms with Crippen molar-refractivity contribution in [2.45, 2.75) is 13.0 Å². The van der Waals surface area contributed by atoms with Crippen molar-refractivity contribution in [2.75, 3.05) is 23.5 Å². The Morgan fingerprint density at radius 2 is 1.62 bits per heavy atom. The quantitative estimate of drug-likeness (QED) is 0.541. The highest BCUT2D eigenvalue weighted by atomic mass is 35.5. The highest BCUT2D eigenvalue weighted by Crippen LogP contribution is 2.34. The third-order valence-corrected chi connectivity index (χ3v) is 5.68. The molecule has 0 radical (unpaired) electrons. The molecule has 4 rings (SSSR count). The van der Waals surface area contributed by atoms with Gasteiger partial charge in [-0.1, -0.05) is 60.1 Å². The largest absolute Gasteiger partial charge is 0.495 e. The second-order valence-electron chi connectivity index (χ2n) is 7.54. The summed E-state index contributed by atoms with van der Waals surface area (Å²) in [5.41, 5.74) is 2.90. The van der Waals surface area contributed by atoms with Crippen LogP contribution in [0.4, 0.5) is 11.4 Å². The van der Waals surface area contributed by atoms with E-state index in [4.69, 9.17) is 16.3 Å². The molecular formula is C26H23ClN2O3. The average molecular weight is 447 g/mol. The fourth-order valence-electron chi connectivity index (χ4n) is 3.93. The van der Waals surface area contributed by atoms with Crippen LogP contribution in [0.3, 0.4) is 0 Å². The van der Waals surface area contributed by atoms with Gasteiger partial charge in [-0.3, -0.25) is 19.4 Å². The first kappa shape index (κ1) is 21.7. The lowest BCUT2D eigenvalue weighted by molar-refractivity contribution is -0.127. The molecule has 1 heterocycles. The van der Waals surface area contributed by atoms with Crippen LogP contribution in [-0.2, 0) is 9.59 Å². The van der Waals surface area contributed by atoms with E-state index in [1.165, 1.54) is 4.90 Å². The minimum atomic E-state index is -0.803. The molecule has 1 saturated heterocycles. The summed E-state index contributed by atoms with van der Waals surface area (Å²) in [6.45, 7) is 1.79. The monoisotopic (exact) mass is 446 g/mol. The van der Waals surface area contributed by atoms with Crippen molar-refractivity contribution in [3.63, 3.8) is 0 Å². The van der Waals surface area contributed by atoms with Crippen LogP contribution in [0, 0.1) is 0 Å². The summed E-state index contributed by atoms with van der Waals surface area (Å²) in [7, 11) is 1.55. The van der Waals surface area contributed by atoms with Gasteiger partial charge in [0.15, 0.2) is 0 Å². The van der Waals surface area contributed by atoms with E-state index >= 15 is 0 Å². The van der Waals surface area contributed by atoms with Gasteiger partial charge in [0, 0.05) is 10.7 Å². The van der Waals surface area contributed by atoms with Gasteiger partial charge in [0.1, 0.15) is 18.3 Å². The number of benzene rings is 3. The Morgan fingerprint density at radius 1 is 0.969 bits per heavy atom. The minimum Gasteiger partial charge on any atom is -0.495 e. The van der Waals surface area contributed by atoms with Gasteiger partial charge in [-0.2, -0.15) is 0 Å². The molecule has 32 heavy (non-hydrogen) atoms. The zero-order valence-electron chi connectivity index (χ0n) is 17.9. The summed E-state index contributed by atoms with van der Waals surface area (Å²) < 4.78 is 5.45. The van der Waals surface area contributed by atoms with Crippen molar-refractivity contribution in [3.8, 4) is 5.75 Å². The third-order valence-electron chi connectivity index (χ3n) is 5.43. The van der Waals surface area contributed by atoms with Gasteiger partial charge in [-0.25, -0.2) is 0 Å². The van der Waals surface area contributed by atoms with Crippen molar-refractivity contribution in [1.29, 1.82) is 0 Å².